The summed E-state index contributed by atoms with van der Waals surface area (Å²) < 4.78 is 0. The van der Waals surface area contributed by atoms with Crippen LogP contribution in [0.5, 0.6) is 0 Å². The standard InChI is InChI=1S/C15H23N5/c1-12(2)14-11-13(3)17-15(18-14)20-9-7-19(8-10-20)6-4-5-16/h11-12H,4,6-10H2,1-3H3. The van der Waals surface area contributed by atoms with E-state index in [1.54, 1.807) is 0 Å². The van der Waals surface area contributed by atoms with Crippen molar-refractivity contribution in [3.05, 3.63) is 17.5 Å². The third-order valence-corrected chi connectivity index (χ3v) is 3.65. The summed E-state index contributed by atoms with van der Waals surface area (Å²) in [7, 11) is 0. The van der Waals surface area contributed by atoms with E-state index < -0.39 is 0 Å². The molecule has 0 spiro atoms. The van der Waals surface area contributed by atoms with Crippen LogP contribution in [0.2, 0.25) is 0 Å². The van der Waals surface area contributed by atoms with Crippen molar-refractivity contribution in [3.63, 3.8) is 0 Å². The van der Waals surface area contributed by atoms with E-state index in [9.17, 15) is 0 Å². The minimum atomic E-state index is 0.423. The van der Waals surface area contributed by atoms with Crippen molar-refractivity contribution in [1.29, 1.82) is 5.26 Å². The predicted molar refractivity (Wildman–Crippen MR) is 79.7 cm³/mol. The molecule has 0 bridgehead atoms. The first kappa shape index (κ1) is 14.7. The molecule has 0 N–H and O–H groups in total. The van der Waals surface area contributed by atoms with Gasteiger partial charge in [-0.1, -0.05) is 13.8 Å². The SMILES string of the molecule is Cc1cc(C(C)C)nc(N2CCN(CCC#N)CC2)n1. The van der Waals surface area contributed by atoms with E-state index in [1.807, 2.05) is 6.92 Å². The van der Waals surface area contributed by atoms with Crippen molar-refractivity contribution < 1.29 is 0 Å². The van der Waals surface area contributed by atoms with Crippen molar-refractivity contribution >= 4 is 5.95 Å². The van der Waals surface area contributed by atoms with Crippen molar-refractivity contribution in [1.82, 2.24) is 14.9 Å². The minimum absolute atomic E-state index is 0.423. The molecule has 0 atom stereocenters. The fraction of sp³-hybridized carbons (Fsp3) is 0.667. The van der Waals surface area contributed by atoms with E-state index in [-0.39, 0.29) is 0 Å². The van der Waals surface area contributed by atoms with Crippen molar-refractivity contribution in [2.75, 3.05) is 37.6 Å². The first-order valence-electron chi connectivity index (χ1n) is 7.30. The smallest absolute Gasteiger partial charge is 0.225 e. The second kappa shape index (κ2) is 6.67. The van der Waals surface area contributed by atoms with Gasteiger partial charge in [-0.3, -0.25) is 4.90 Å². The molecule has 1 aromatic heterocycles. The van der Waals surface area contributed by atoms with E-state index in [0.29, 0.717) is 12.3 Å². The average Bonchev–Trinajstić information content (AvgIpc) is 2.45. The Hall–Kier alpha value is -1.67. The molecule has 1 saturated heterocycles. The summed E-state index contributed by atoms with van der Waals surface area (Å²) in [5.74, 6) is 1.28. The number of hydrogen-bond acceptors (Lipinski definition) is 5. The highest BCUT2D eigenvalue weighted by molar-refractivity contribution is 5.33. The highest BCUT2D eigenvalue weighted by atomic mass is 15.3. The Balaban J connectivity index is 2.02. The molecule has 1 aliphatic heterocycles. The Labute approximate surface area is 121 Å². The van der Waals surface area contributed by atoms with Gasteiger partial charge >= 0.3 is 0 Å². The quantitative estimate of drug-likeness (QED) is 0.839. The number of hydrogen-bond donors (Lipinski definition) is 0. The molecule has 5 heteroatoms. The average molecular weight is 273 g/mol. The lowest BCUT2D eigenvalue weighted by Crippen LogP contribution is -2.47. The molecule has 0 radical (unpaired) electrons. The Morgan fingerprint density at radius 2 is 1.95 bits per heavy atom. The maximum Gasteiger partial charge on any atom is 0.225 e. The first-order valence-corrected chi connectivity index (χ1v) is 7.30. The predicted octanol–water partition coefficient (Wildman–Crippen LogP) is 1.94. The topological polar surface area (TPSA) is 56.1 Å². The monoisotopic (exact) mass is 273 g/mol. The highest BCUT2D eigenvalue weighted by Crippen LogP contribution is 2.18. The molecule has 2 rings (SSSR count). The van der Waals surface area contributed by atoms with Crippen LogP contribution < -0.4 is 4.90 Å². The lowest BCUT2D eigenvalue weighted by atomic mass is 10.1. The maximum absolute atomic E-state index is 8.63. The number of aromatic nitrogens is 2. The summed E-state index contributed by atoms with van der Waals surface area (Å²) in [4.78, 5) is 13.8. The maximum atomic E-state index is 8.63. The second-order valence-electron chi connectivity index (χ2n) is 5.63. The molecule has 20 heavy (non-hydrogen) atoms. The van der Waals surface area contributed by atoms with E-state index in [4.69, 9.17) is 5.26 Å². The summed E-state index contributed by atoms with van der Waals surface area (Å²) in [6.45, 7) is 11.1. The molecule has 0 amide bonds. The largest absolute Gasteiger partial charge is 0.338 e. The van der Waals surface area contributed by atoms with Gasteiger partial charge in [0.05, 0.1) is 6.07 Å². The zero-order valence-corrected chi connectivity index (χ0v) is 12.6. The minimum Gasteiger partial charge on any atom is -0.338 e. The third kappa shape index (κ3) is 3.67. The molecule has 5 nitrogen and oxygen atoms in total. The molecule has 1 aromatic rings. The number of piperazine rings is 1. The number of rotatable bonds is 4. The van der Waals surface area contributed by atoms with Gasteiger partial charge in [-0.25, -0.2) is 9.97 Å². The molecule has 0 aliphatic carbocycles. The zero-order chi connectivity index (χ0) is 14.5. The van der Waals surface area contributed by atoms with Crippen molar-refractivity contribution in [2.45, 2.75) is 33.1 Å². The summed E-state index contributed by atoms with van der Waals surface area (Å²) in [5.41, 5.74) is 2.14. The van der Waals surface area contributed by atoms with Crippen LogP contribution in [0, 0.1) is 18.3 Å². The zero-order valence-electron chi connectivity index (χ0n) is 12.6. The number of anilines is 1. The van der Waals surface area contributed by atoms with Gasteiger partial charge in [0.15, 0.2) is 0 Å². The number of nitrogens with zero attached hydrogens (tertiary/aromatic N) is 5. The van der Waals surface area contributed by atoms with Gasteiger partial charge in [-0.2, -0.15) is 5.26 Å². The lowest BCUT2D eigenvalue weighted by molar-refractivity contribution is 0.262. The Morgan fingerprint density at radius 1 is 1.25 bits per heavy atom. The van der Waals surface area contributed by atoms with Crippen molar-refractivity contribution in [2.24, 2.45) is 0 Å². The van der Waals surface area contributed by atoms with Crippen molar-refractivity contribution in [3.8, 4) is 6.07 Å². The Bertz CT molecular complexity index is 484. The molecule has 0 saturated carbocycles. The molecule has 1 fully saturated rings. The fourth-order valence-corrected chi connectivity index (χ4v) is 2.39. The van der Waals surface area contributed by atoms with Crippen LogP contribution in [0.4, 0.5) is 5.95 Å². The molecule has 2 heterocycles. The number of nitriles is 1. The summed E-state index contributed by atoms with van der Waals surface area (Å²) in [6.07, 6.45) is 0.610. The van der Waals surface area contributed by atoms with E-state index in [0.717, 1.165) is 50.1 Å². The van der Waals surface area contributed by atoms with Crippen LogP contribution in [-0.4, -0.2) is 47.6 Å². The van der Waals surface area contributed by atoms with Gasteiger partial charge in [0, 0.05) is 50.5 Å². The van der Waals surface area contributed by atoms with Gasteiger partial charge in [0.2, 0.25) is 5.95 Å². The van der Waals surface area contributed by atoms with Crippen LogP contribution in [0.1, 0.15) is 37.6 Å². The van der Waals surface area contributed by atoms with Crippen LogP contribution in [-0.2, 0) is 0 Å². The summed E-state index contributed by atoms with van der Waals surface area (Å²) >= 11 is 0. The normalized spacial score (nSPS) is 16.4. The summed E-state index contributed by atoms with van der Waals surface area (Å²) in [5, 5.41) is 8.63. The van der Waals surface area contributed by atoms with Crippen LogP contribution in [0.15, 0.2) is 6.07 Å². The van der Waals surface area contributed by atoms with Gasteiger partial charge in [-0.15, -0.1) is 0 Å². The highest BCUT2D eigenvalue weighted by Gasteiger charge is 2.19. The molecule has 1 aliphatic rings. The summed E-state index contributed by atoms with van der Waals surface area (Å²) in [6, 6.07) is 4.27. The lowest BCUT2D eigenvalue weighted by Gasteiger charge is -2.34. The molecule has 108 valence electrons. The Morgan fingerprint density at radius 3 is 2.55 bits per heavy atom. The molecule has 0 aromatic carbocycles. The van der Waals surface area contributed by atoms with Gasteiger partial charge in [0.1, 0.15) is 0 Å². The van der Waals surface area contributed by atoms with E-state index in [1.165, 1.54) is 0 Å². The van der Waals surface area contributed by atoms with Crippen LogP contribution in [0.3, 0.4) is 0 Å². The fourth-order valence-electron chi connectivity index (χ4n) is 2.39. The van der Waals surface area contributed by atoms with E-state index in [2.05, 4.69) is 45.8 Å². The first-order chi connectivity index (χ1) is 9.60. The number of aryl methyl sites for hydroxylation is 1. The van der Waals surface area contributed by atoms with Crippen LogP contribution in [0.25, 0.3) is 0 Å². The third-order valence-electron chi connectivity index (χ3n) is 3.65. The van der Waals surface area contributed by atoms with Crippen LogP contribution >= 0.6 is 0 Å². The van der Waals surface area contributed by atoms with Gasteiger partial charge < -0.3 is 4.90 Å². The van der Waals surface area contributed by atoms with Gasteiger partial charge in [-0.05, 0) is 18.9 Å². The second-order valence-corrected chi connectivity index (χ2v) is 5.63. The molecular weight excluding hydrogens is 250 g/mol. The molecular formula is C15H23N5. The Kier molecular flexibility index (Phi) is 4.91. The van der Waals surface area contributed by atoms with Gasteiger partial charge in [0.25, 0.3) is 0 Å². The van der Waals surface area contributed by atoms with E-state index >= 15 is 0 Å². The molecule has 0 unspecified atom stereocenters.